The molecule has 0 aliphatic carbocycles. The van der Waals surface area contributed by atoms with Crippen molar-refractivity contribution in [3.8, 4) is 11.8 Å². The lowest BCUT2D eigenvalue weighted by Gasteiger charge is -2.08. The number of hydrogen-bond donors (Lipinski definition) is 1. The van der Waals surface area contributed by atoms with Crippen LogP contribution >= 0.6 is 0 Å². The molecule has 0 aliphatic heterocycles. The zero-order chi connectivity index (χ0) is 20.1. The summed E-state index contributed by atoms with van der Waals surface area (Å²) in [5, 5.41) is 3.23. The first-order valence-corrected chi connectivity index (χ1v) is 8.98. The van der Waals surface area contributed by atoms with Crippen molar-refractivity contribution < 1.29 is 9.53 Å². The second-order valence-corrected chi connectivity index (χ2v) is 6.23. The largest absolute Gasteiger partial charge is 0.424 e. The Hall–Kier alpha value is -4.07. The summed E-state index contributed by atoms with van der Waals surface area (Å²) in [7, 11) is 0. The third kappa shape index (κ3) is 4.44. The molecular weight excluding hydrogens is 370 g/mol. The summed E-state index contributed by atoms with van der Waals surface area (Å²) >= 11 is 0. The van der Waals surface area contributed by atoms with E-state index in [1.807, 2.05) is 24.3 Å². The molecular formula is C21H17N5O3. The fourth-order valence-electron chi connectivity index (χ4n) is 2.74. The topological polar surface area (TPSA) is 99.0 Å². The number of hydrogen-bond acceptors (Lipinski definition) is 6. The molecule has 1 amide bonds. The Kier molecular flexibility index (Phi) is 5.24. The molecule has 2 heterocycles. The van der Waals surface area contributed by atoms with E-state index in [-0.39, 0.29) is 30.4 Å². The number of carbonyl (C=O) groups is 1. The quantitative estimate of drug-likeness (QED) is 0.546. The number of rotatable bonds is 6. The second kappa shape index (κ2) is 8.30. The van der Waals surface area contributed by atoms with E-state index in [4.69, 9.17) is 4.74 Å². The highest BCUT2D eigenvalue weighted by Gasteiger charge is 2.08. The van der Waals surface area contributed by atoms with E-state index in [0.717, 1.165) is 0 Å². The van der Waals surface area contributed by atoms with Crippen LogP contribution in [0.15, 0.2) is 78.1 Å². The average Bonchev–Trinajstić information content (AvgIpc) is 2.76. The van der Waals surface area contributed by atoms with Crippen LogP contribution in [0.1, 0.15) is 6.42 Å². The minimum atomic E-state index is -0.259. The number of ether oxygens (including phenoxy) is 1. The molecule has 0 bridgehead atoms. The predicted octanol–water partition coefficient (Wildman–Crippen LogP) is 3.01. The van der Waals surface area contributed by atoms with Gasteiger partial charge in [-0.1, -0.05) is 30.3 Å². The van der Waals surface area contributed by atoms with Crippen LogP contribution in [0.3, 0.4) is 0 Å². The van der Waals surface area contributed by atoms with E-state index < -0.39 is 0 Å². The smallest absolute Gasteiger partial charge is 0.322 e. The number of aromatic nitrogens is 4. The predicted molar refractivity (Wildman–Crippen MR) is 108 cm³/mol. The lowest BCUT2D eigenvalue weighted by molar-refractivity contribution is -0.116. The Labute approximate surface area is 165 Å². The highest BCUT2D eigenvalue weighted by atomic mass is 16.5. The van der Waals surface area contributed by atoms with Crippen LogP contribution in [0, 0.1) is 0 Å². The maximum atomic E-state index is 12.4. The Morgan fingerprint density at radius 3 is 2.48 bits per heavy atom. The van der Waals surface area contributed by atoms with Gasteiger partial charge in [-0.25, -0.2) is 15.0 Å². The highest BCUT2D eigenvalue weighted by Crippen LogP contribution is 2.17. The van der Waals surface area contributed by atoms with Gasteiger partial charge in [-0.3, -0.25) is 14.2 Å². The van der Waals surface area contributed by atoms with Crippen LogP contribution in [-0.4, -0.2) is 25.4 Å². The van der Waals surface area contributed by atoms with Gasteiger partial charge in [-0.05, 0) is 24.3 Å². The Balaban J connectivity index is 1.35. The summed E-state index contributed by atoms with van der Waals surface area (Å²) in [4.78, 5) is 37.1. The number of carbonyl (C=O) groups excluding carboxylic acids is 1. The monoisotopic (exact) mass is 387 g/mol. The molecule has 0 spiro atoms. The van der Waals surface area contributed by atoms with E-state index in [1.54, 1.807) is 30.3 Å². The molecule has 2 aromatic heterocycles. The van der Waals surface area contributed by atoms with Gasteiger partial charge in [-0.2, -0.15) is 0 Å². The molecule has 1 N–H and O–H groups in total. The van der Waals surface area contributed by atoms with Gasteiger partial charge >= 0.3 is 6.01 Å². The molecule has 0 fully saturated rings. The molecule has 0 atom stereocenters. The summed E-state index contributed by atoms with van der Waals surface area (Å²) in [6, 6.07) is 16.5. The van der Waals surface area contributed by atoms with Crippen LogP contribution < -0.4 is 15.6 Å². The zero-order valence-corrected chi connectivity index (χ0v) is 15.4. The van der Waals surface area contributed by atoms with Gasteiger partial charge in [-0.15, -0.1) is 0 Å². The van der Waals surface area contributed by atoms with Gasteiger partial charge in [0, 0.05) is 13.0 Å². The summed E-state index contributed by atoms with van der Waals surface area (Å²) in [5.74, 6) is 0.365. The van der Waals surface area contributed by atoms with Gasteiger partial charge in [0.15, 0.2) is 0 Å². The number of benzene rings is 2. The van der Waals surface area contributed by atoms with Crippen molar-refractivity contribution in [2.45, 2.75) is 13.0 Å². The summed E-state index contributed by atoms with van der Waals surface area (Å²) in [5.41, 5.74) is 0.904. The van der Waals surface area contributed by atoms with Gasteiger partial charge in [0.2, 0.25) is 5.91 Å². The Morgan fingerprint density at radius 1 is 0.966 bits per heavy atom. The molecule has 29 heavy (non-hydrogen) atoms. The molecule has 0 saturated carbocycles. The van der Waals surface area contributed by atoms with Crippen LogP contribution in [-0.2, 0) is 11.3 Å². The van der Waals surface area contributed by atoms with E-state index >= 15 is 0 Å². The minimum absolute atomic E-state index is 0.113. The first-order chi connectivity index (χ1) is 14.2. The normalized spacial score (nSPS) is 10.6. The Bertz CT molecular complexity index is 1190. The van der Waals surface area contributed by atoms with Crippen molar-refractivity contribution in [3.63, 3.8) is 0 Å². The minimum Gasteiger partial charge on any atom is -0.424 e. The molecule has 4 aromatic rings. The van der Waals surface area contributed by atoms with Crippen molar-refractivity contribution in [3.05, 3.63) is 83.7 Å². The second-order valence-electron chi connectivity index (χ2n) is 6.23. The van der Waals surface area contributed by atoms with Crippen LogP contribution in [0.25, 0.3) is 10.9 Å². The molecule has 144 valence electrons. The third-order valence-corrected chi connectivity index (χ3v) is 4.18. The highest BCUT2D eigenvalue weighted by molar-refractivity contribution is 5.90. The van der Waals surface area contributed by atoms with E-state index in [1.165, 1.54) is 23.3 Å². The van der Waals surface area contributed by atoms with Gasteiger partial charge in [0.1, 0.15) is 5.75 Å². The molecule has 8 heteroatoms. The molecule has 0 radical (unpaired) electrons. The summed E-state index contributed by atoms with van der Waals surface area (Å²) in [6.07, 6.45) is 4.50. The number of amides is 1. The van der Waals surface area contributed by atoms with Gasteiger partial charge in [0.25, 0.3) is 5.56 Å². The number of anilines is 1. The van der Waals surface area contributed by atoms with Crippen molar-refractivity contribution in [1.29, 1.82) is 0 Å². The maximum absolute atomic E-state index is 12.4. The van der Waals surface area contributed by atoms with E-state index in [2.05, 4.69) is 20.3 Å². The van der Waals surface area contributed by atoms with Gasteiger partial charge < -0.3 is 10.1 Å². The van der Waals surface area contributed by atoms with Crippen molar-refractivity contribution in [1.82, 2.24) is 19.5 Å². The summed E-state index contributed by atoms with van der Waals surface area (Å²) < 4.78 is 6.94. The number of aryl methyl sites for hydroxylation is 1. The third-order valence-electron chi connectivity index (χ3n) is 4.18. The van der Waals surface area contributed by atoms with E-state index in [0.29, 0.717) is 22.3 Å². The fourth-order valence-corrected chi connectivity index (χ4v) is 2.74. The average molecular weight is 387 g/mol. The lowest BCUT2D eigenvalue weighted by Crippen LogP contribution is -2.23. The number of nitrogens with zero attached hydrogens (tertiary/aromatic N) is 4. The molecule has 0 unspecified atom stereocenters. The summed E-state index contributed by atoms with van der Waals surface area (Å²) in [6.45, 7) is 0.221. The first-order valence-electron chi connectivity index (χ1n) is 8.98. The molecule has 8 nitrogen and oxygen atoms in total. The molecule has 4 rings (SSSR count). The molecule has 2 aromatic carbocycles. The van der Waals surface area contributed by atoms with Crippen LogP contribution in [0.2, 0.25) is 0 Å². The van der Waals surface area contributed by atoms with Crippen molar-refractivity contribution in [2.24, 2.45) is 0 Å². The SMILES string of the molecule is O=C(CCn1cnc2ccccc2c1=O)Nc1cnc(Oc2ccccc2)nc1. The first kappa shape index (κ1) is 18.3. The van der Waals surface area contributed by atoms with Crippen molar-refractivity contribution >= 4 is 22.5 Å². The Morgan fingerprint density at radius 2 is 1.69 bits per heavy atom. The standard InChI is InChI=1S/C21H17N5O3/c27-19(10-11-26-14-24-18-9-5-4-8-17(18)20(26)28)25-15-12-22-21(23-13-15)29-16-6-2-1-3-7-16/h1-9,12-14H,10-11H2,(H,25,27). The van der Waals surface area contributed by atoms with Gasteiger partial charge in [0.05, 0.1) is 35.3 Å². The number of nitrogens with one attached hydrogen (secondary N) is 1. The zero-order valence-electron chi connectivity index (χ0n) is 15.4. The van der Waals surface area contributed by atoms with Crippen LogP contribution in [0.4, 0.5) is 5.69 Å². The number of para-hydroxylation sites is 2. The van der Waals surface area contributed by atoms with E-state index in [9.17, 15) is 9.59 Å². The van der Waals surface area contributed by atoms with Crippen LogP contribution in [0.5, 0.6) is 11.8 Å². The number of fused-ring (bicyclic) bond motifs is 1. The fraction of sp³-hybridized carbons (Fsp3) is 0.0952. The lowest BCUT2D eigenvalue weighted by atomic mass is 10.2. The maximum Gasteiger partial charge on any atom is 0.322 e. The van der Waals surface area contributed by atoms with Crippen molar-refractivity contribution in [2.75, 3.05) is 5.32 Å². The molecule has 0 aliphatic rings. The molecule has 0 saturated heterocycles.